The molecular weight excluding hydrogens is 350 g/mol. The summed E-state index contributed by atoms with van der Waals surface area (Å²) in [6.45, 7) is 0.837. The van der Waals surface area contributed by atoms with Gasteiger partial charge in [0.2, 0.25) is 0 Å². The molecule has 1 atom stereocenters. The van der Waals surface area contributed by atoms with Crippen LogP contribution in [0.5, 0.6) is 5.75 Å². The Hall–Kier alpha value is -2.36. The van der Waals surface area contributed by atoms with Crippen LogP contribution in [-0.4, -0.2) is 24.7 Å². The zero-order chi connectivity index (χ0) is 19.3. The van der Waals surface area contributed by atoms with Gasteiger partial charge in [-0.2, -0.15) is 0 Å². The van der Waals surface area contributed by atoms with Crippen molar-refractivity contribution in [2.45, 2.75) is 57.3 Å². The van der Waals surface area contributed by atoms with Crippen LogP contribution in [0.2, 0.25) is 0 Å². The van der Waals surface area contributed by atoms with Crippen molar-refractivity contribution in [1.29, 1.82) is 0 Å². The van der Waals surface area contributed by atoms with Crippen LogP contribution in [0.4, 0.5) is 0 Å². The van der Waals surface area contributed by atoms with Gasteiger partial charge in [0.25, 0.3) is 0 Å². The molecule has 2 aliphatic carbocycles. The first-order chi connectivity index (χ1) is 13.7. The highest BCUT2D eigenvalue weighted by molar-refractivity contribution is 5.90. The summed E-state index contributed by atoms with van der Waals surface area (Å²) in [5, 5.41) is 0. The van der Waals surface area contributed by atoms with Gasteiger partial charge in [0.05, 0.1) is 19.3 Å². The number of ether oxygens (including phenoxy) is 2. The summed E-state index contributed by atoms with van der Waals surface area (Å²) in [6, 6.07) is 8.39. The van der Waals surface area contributed by atoms with Crippen LogP contribution >= 0.6 is 0 Å². The molecule has 4 heteroatoms. The van der Waals surface area contributed by atoms with E-state index in [0.717, 1.165) is 43.1 Å². The van der Waals surface area contributed by atoms with Gasteiger partial charge in [-0.25, -0.2) is 4.79 Å². The quantitative estimate of drug-likeness (QED) is 0.599. The molecule has 0 N–H and O–H groups in total. The van der Waals surface area contributed by atoms with Crippen LogP contribution < -0.4 is 4.74 Å². The van der Waals surface area contributed by atoms with Crippen molar-refractivity contribution < 1.29 is 14.3 Å². The molecule has 28 heavy (non-hydrogen) atoms. The van der Waals surface area contributed by atoms with Crippen LogP contribution in [0, 0.1) is 5.92 Å². The Balaban J connectivity index is 1.41. The smallest absolute Gasteiger partial charge is 0.338 e. The molecular formula is C24H29NO3. The van der Waals surface area contributed by atoms with E-state index in [2.05, 4.69) is 23.2 Å². The maximum atomic E-state index is 12.0. The first-order valence-electron chi connectivity index (χ1n) is 10.5. The maximum Gasteiger partial charge on any atom is 0.338 e. The Morgan fingerprint density at radius 1 is 1.18 bits per heavy atom. The molecule has 0 unspecified atom stereocenters. The van der Waals surface area contributed by atoms with E-state index < -0.39 is 0 Å². The first kappa shape index (κ1) is 19.0. The molecule has 0 bridgehead atoms. The predicted octanol–water partition coefficient (Wildman–Crippen LogP) is 5.10. The SMILES string of the molecule is COC(=O)c1ccncc1CC[C@@H]1CCCc2cc(OCCC3CC3)ccc21. The van der Waals surface area contributed by atoms with E-state index in [4.69, 9.17) is 9.47 Å². The van der Waals surface area contributed by atoms with Crippen molar-refractivity contribution in [3.8, 4) is 5.75 Å². The Kier molecular flexibility index (Phi) is 5.94. The highest BCUT2D eigenvalue weighted by atomic mass is 16.5. The number of methoxy groups -OCH3 is 1. The van der Waals surface area contributed by atoms with Crippen LogP contribution in [-0.2, 0) is 17.6 Å². The third-order valence-corrected chi connectivity index (χ3v) is 6.12. The third kappa shape index (κ3) is 4.54. The van der Waals surface area contributed by atoms with Gasteiger partial charge in [-0.3, -0.25) is 4.98 Å². The minimum atomic E-state index is -0.283. The Labute approximate surface area is 167 Å². The topological polar surface area (TPSA) is 48.4 Å². The largest absolute Gasteiger partial charge is 0.494 e. The lowest BCUT2D eigenvalue weighted by Crippen LogP contribution is -2.12. The predicted molar refractivity (Wildman–Crippen MR) is 109 cm³/mol. The summed E-state index contributed by atoms with van der Waals surface area (Å²) >= 11 is 0. The second-order valence-electron chi connectivity index (χ2n) is 8.09. The molecule has 148 valence electrons. The second kappa shape index (κ2) is 8.76. The Morgan fingerprint density at radius 2 is 2.07 bits per heavy atom. The molecule has 2 aliphatic rings. The number of carbonyl (C=O) groups excluding carboxylic acids is 1. The standard InChI is InChI=1S/C24H29NO3/c1-27-24(26)23-11-13-25-16-20(23)8-7-18-3-2-4-19-15-21(9-10-22(18)19)28-14-12-17-5-6-17/h9-11,13,15-18H,2-8,12,14H2,1H3/t18-/m0/s1. The van der Waals surface area contributed by atoms with E-state index in [1.807, 2.05) is 0 Å². The maximum absolute atomic E-state index is 12.0. The van der Waals surface area contributed by atoms with Crippen molar-refractivity contribution in [2.24, 2.45) is 5.92 Å². The molecule has 4 nitrogen and oxygen atoms in total. The van der Waals surface area contributed by atoms with Gasteiger partial charge in [-0.15, -0.1) is 0 Å². The van der Waals surface area contributed by atoms with Crippen molar-refractivity contribution in [3.05, 3.63) is 58.9 Å². The number of pyridine rings is 1. The highest BCUT2D eigenvalue weighted by Gasteiger charge is 2.23. The number of aryl methyl sites for hydroxylation is 2. The highest BCUT2D eigenvalue weighted by Crippen LogP contribution is 2.37. The van der Waals surface area contributed by atoms with Crippen LogP contribution in [0.25, 0.3) is 0 Å². The molecule has 1 heterocycles. The molecule has 1 aromatic heterocycles. The number of aromatic nitrogens is 1. The molecule has 0 radical (unpaired) electrons. The molecule has 0 aliphatic heterocycles. The normalized spacial score (nSPS) is 18.4. The van der Waals surface area contributed by atoms with Crippen LogP contribution in [0.3, 0.4) is 0 Å². The number of esters is 1. The molecule has 1 saturated carbocycles. The average Bonchev–Trinajstić information content (AvgIpc) is 3.56. The van der Waals surface area contributed by atoms with Gasteiger partial charge < -0.3 is 9.47 Å². The lowest BCUT2D eigenvalue weighted by Gasteiger charge is -2.26. The molecule has 0 spiro atoms. The van der Waals surface area contributed by atoms with E-state index in [-0.39, 0.29) is 5.97 Å². The number of fused-ring (bicyclic) bond motifs is 1. The van der Waals surface area contributed by atoms with E-state index in [1.165, 1.54) is 50.3 Å². The first-order valence-corrected chi connectivity index (χ1v) is 10.5. The minimum Gasteiger partial charge on any atom is -0.494 e. The molecule has 1 aromatic carbocycles. The van der Waals surface area contributed by atoms with Gasteiger partial charge in [-0.1, -0.05) is 18.9 Å². The number of hydrogen-bond donors (Lipinski definition) is 0. The molecule has 0 amide bonds. The van der Waals surface area contributed by atoms with Gasteiger partial charge in [-0.05, 0) is 85.3 Å². The van der Waals surface area contributed by atoms with Crippen LogP contribution in [0.1, 0.15) is 71.5 Å². The fourth-order valence-corrected chi connectivity index (χ4v) is 4.30. The summed E-state index contributed by atoms with van der Waals surface area (Å²) in [7, 11) is 1.42. The summed E-state index contributed by atoms with van der Waals surface area (Å²) in [5.74, 6) is 2.16. The summed E-state index contributed by atoms with van der Waals surface area (Å²) in [4.78, 5) is 16.2. The van der Waals surface area contributed by atoms with Crippen molar-refractivity contribution in [3.63, 3.8) is 0 Å². The molecule has 4 rings (SSSR count). The molecule has 2 aromatic rings. The van der Waals surface area contributed by atoms with Crippen molar-refractivity contribution in [2.75, 3.05) is 13.7 Å². The number of hydrogen-bond acceptors (Lipinski definition) is 4. The van der Waals surface area contributed by atoms with Gasteiger partial charge in [0.15, 0.2) is 0 Å². The zero-order valence-corrected chi connectivity index (χ0v) is 16.7. The lowest BCUT2D eigenvalue weighted by atomic mass is 9.79. The van der Waals surface area contributed by atoms with Crippen LogP contribution in [0.15, 0.2) is 36.7 Å². The monoisotopic (exact) mass is 379 g/mol. The van der Waals surface area contributed by atoms with Gasteiger partial charge in [0.1, 0.15) is 5.75 Å². The van der Waals surface area contributed by atoms with E-state index in [9.17, 15) is 4.79 Å². The van der Waals surface area contributed by atoms with Gasteiger partial charge in [0, 0.05) is 12.4 Å². The van der Waals surface area contributed by atoms with E-state index in [0.29, 0.717) is 11.5 Å². The van der Waals surface area contributed by atoms with Crippen molar-refractivity contribution >= 4 is 5.97 Å². The Bertz CT molecular complexity index is 828. The number of nitrogens with zero attached hydrogens (tertiary/aromatic N) is 1. The summed E-state index contributed by atoms with van der Waals surface area (Å²) in [6.07, 6.45) is 12.8. The zero-order valence-electron chi connectivity index (χ0n) is 16.7. The average molecular weight is 380 g/mol. The lowest BCUT2D eigenvalue weighted by molar-refractivity contribution is 0.0599. The fourth-order valence-electron chi connectivity index (χ4n) is 4.30. The third-order valence-electron chi connectivity index (χ3n) is 6.12. The molecule has 0 saturated heterocycles. The second-order valence-corrected chi connectivity index (χ2v) is 8.09. The number of rotatable bonds is 8. The van der Waals surface area contributed by atoms with Crippen molar-refractivity contribution in [1.82, 2.24) is 4.98 Å². The fraction of sp³-hybridized carbons (Fsp3) is 0.500. The van der Waals surface area contributed by atoms with E-state index in [1.54, 1.807) is 18.5 Å². The summed E-state index contributed by atoms with van der Waals surface area (Å²) < 4.78 is 10.9. The molecule has 1 fully saturated rings. The number of benzene rings is 1. The summed E-state index contributed by atoms with van der Waals surface area (Å²) in [5.41, 5.74) is 4.48. The van der Waals surface area contributed by atoms with E-state index >= 15 is 0 Å². The minimum absolute atomic E-state index is 0.283. The Morgan fingerprint density at radius 3 is 2.89 bits per heavy atom. The number of carbonyl (C=O) groups is 1. The van der Waals surface area contributed by atoms with Gasteiger partial charge >= 0.3 is 5.97 Å².